The maximum absolute atomic E-state index is 12.2. The molecule has 5 nitrogen and oxygen atoms in total. The van der Waals surface area contributed by atoms with Crippen molar-refractivity contribution in [1.82, 2.24) is 5.32 Å². The molecule has 1 aromatic carbocycles. The van der Waals surface area contributed by atoms with Crippen LogP contribution in [0.25, 0.3) is 0 Å². The van der Waals surface area contributed by atoms with Crippen LogP contribution in [0.5, 0.6) is 0 Å². The fraction of sp³-hybridized carbons (Fsp3) is 0.556. The molecule has 2 aliphatic carbocycles. The Morgan fingerprint density at radius 2 is 1.70 bits per heavy atom. The summed E-state index contributed by atoms with van der Waals surface area (Å²) < 4.78 is 0. The molecule has 0 aliphatic heterocycles. The molecule has 23 heavy (non-hydrogen) atoms. The second-order valence-electron chi connectivity index (χ2n) is 6.81. The predicted octanol–water partition coefficient (Wildman–Crippen LogP) is 3.74. The van der Waals surface area contributed by atoms with Crippen molar-refractivity contribution in [1.29, 1.82) is 0 Å². The van der Waals surface area contributed by atoms with E-state index in [1.165, 1.54) is 19.3 Å². The van der Waals surface area contributed by atoms with Crippen LogP contribution in [-0.2, 0) is 4.79 Å². The third-order valence-corrected chi connectivity index (χ3v) is 4.76. The minimum atomic E-state index is -0.172. The molecule has 2 saturated carbocycles. The Balaban J connectivity index is 1.54. The summed E-state index contributed by atoms with van der Waals surface area (Å²) in [6.07, 6.45) is 6.61. The Bertz CT molecular complexity index is 583. The number of anilines is 2. The molecule has 2 atom stereocenters. The molecule has 0 bridgehead atoms. The fourth-order valence-electron chi connectivity index (χ4n) is 3.13. The molecule has 3 N–H and O–H groups in total. The molecule has 0 aromatic heterocycles. The largest absolute Gasteiger partial charge is 0.335 e. The lowest BCUT2D eigenvalue weighted by atomic mass is 9.86. The van der Waals surface area contributed by atoms with E-state index in [1.807, 2.05) is 18.2 Å². The monoisotopic (exact) mass is 315 g/mol. The van der Waals surface area contributed by atoms with E-state index in [2.05, 4.69) is 22.9 Å². The Morgan fingerprint density at radius 1 is 1.00 bits per heavy atom. The number of nitrogens with one attached hydrogen (secondary N) is 3. The Kier molecular flexibility index (Phi) is 4.84. The molecule has 124 valence electrons. The van der Waals surface area contributed by atoms with Gasteiger partial charge in [0.2, 0.25) is 5.91 Å². The zero-order valence-corrected chi connectivity index (χ0v) is 13.6. The van der Waals surface area contributed by atoms with E-state index in [1.54, 1.807) is 6.07 Å². The second kappa shape index (κ2) is 7.02. The summed E-state index contributed by atoms with van der Waals surface area (Å²) >= 11 is 0. The lowest BCUT2D eigenvalue weighted by Gasteiger charge is -2.29. The van der Waals surface area contributed by atoms with Crippen LogP contribution < -0.4 is 16.0 Å². The average Bonchev–Trinajstić information content (AvgIpc) is 3.35. The van der Waals surface area contributed by atoms with Crippen molar-refractivity contribution in [2.75, 3.05) is 10.6 Å². The highest BCUT2D eigenvalue weighted by Gasteiger charge is 2.29. The van der Waals surface area contributed by atoms with Gasteiger partial charge in [-0.05, 0) is 49.8 Å². The molecular weight excluding hydrogens is 290 g/mol. The summed E-state index contributed by atoms with van der Waals surface area (Å²) in [7, 11) is 0. The molecule has 2 fully saturated rings. The van der Waals surface area contributed by atoms with Gasteiger partial charge < -0.3 is 16.0 Å². The second-order valence-corrected chi connectivity index (χ2v) is 6.81. The van der Waals surface area contributed by atoms with Crippen LogP contribution in [0, 0.1) is 11.8 Å². The Hall–Kier alpha value is -2.04. The van der Waals surface area contributed by atoms with Gasteiger partial charge in [0, 0.05) is 23.3 Å². The lowest BCUT2D eigenvalue weighted by molar-refractivity contribution is -0.117. The van der Waals surface area contributed by atoms with Gasteiger partial charge in [0.25, 0.3) is 0 Å². The van der Waals surface area contributed by atoms with E-state index in [0.717, 1.165) is 24.9 Å². The van der Waals surface area contributed by atoms with Crippen LogP contribution >= 0.6 is 0 Å². The van der Waals surface area contributed by atoms with Crippen molar-refractivity contribution in [3.8, 4) is 0 Å². The molecule has 5 heteroatoms. The predicted molar refractivity (Wildman–Crippen MR) is 91.4 cm³/mol. The van der Waals surface area contributed by atoms with E-state index in [9.17, 15) is 9.59 Å². The molecule has 0 radical (unpaired) electrons. The number of benzene rings is 1. The van der Waals surface area contributed by atoms with Crippen LogP contribution in [0.2, 0.25) is 0 Å². The van der Waals surface area contributed by atoms with Gasteiger partial charge in [-0.25, -0.2) is 4.79 Å². The first-order valence-electron chi connectivity index (χ1n) is 8.60. The summed E-state index contributed by atoms with van der Waals surface area (Å²) in [4.78, 5) is 24.0. The van der Waals surface area contributed by atoms with Gasteiger partial charge in [-0.2, -0.15) is 0 Å². The highest BCUT2D eigenvalue weighted by molar-refractivity contribution is 5.95. The van der Waals surface area contributed by atoms with Gasteiger partial charge in [-0.1, -0.05) is 25.8 Å². The number of hydrogen-bond donors (Lipinski definition) is 3. The topological polar surface area (TPSA) is 70.2 Å². The molecule has 3 amide bonds. The quantitative estimate of drug-likeness (QED) is 0.792. The zero-order chi connectivity index (χ0) is 16.2. The number of carbonyl (C=O) groups excluding carboxylic acids is 2. The van der Waals surface area contributed by atoms with Crippen LogP contribution in [0.15, 0.2) is 24.3 Å². The van der Waals surface area contributed by atoms with E-state index in [-0.39, 0.29) is 23.9 Å². The maximum Gasteiger partial charge on any atom is 0.319 e. The van der Waals surface area contributed by atoms with Crippen molar-refractivity contribution in [2.45, 2.75) is 51.5 Å². The molecule has 1 aromatic rings. The molecule has 0 heterocycles. The molecule has 2 aliphatic rings. The normalized spacial score (nSPS) is 23.9. The summed E-state index contributed by atoms with van der Waals surface area (Å²) in [6, 6.07) is 7.38. The third-order valence-electron chi connectivity index (χ3n) is 4.76. The molecular formula is C18H25N3O2. The molecule has 0 unspecified atom stereocenters. The van der Waals surface area contributed by atoms with Gasteiger partial charge in [-0.3, -0.25) is 4.79 Å². The van der Waals surface area contributed by atoms with Gasteiger partial charge in [0.1, 0.15) is 0 Å². The average molecular weight is 315 g/mol. The van der Waals surface area contributed by atoms with Gasteiger partial charge in [0.15, 0.2) is 0 Å². The minimum Gasteiger partial charge on any atom is -0.335 e. The van der Waals surface area contributed by atoms with E-state index < -0.39 is 0 Å². The molecule has 0 saturated heterocycles. The van der Waals surface area contributed by atoms with Crippen LogP contribution in [0.1, 0.15) is 45.4 Å². The highest BCUT2D eigenvalue weighted by atomic mass is 16.2. The van der Waals surface area contributed by atoms with Gasteiger partial charge in [-0.15, -0.1) is 0 Å². The molecule has 3 rings (SSSR count). The zero-order valence-electron chi connectivity index (χ0n) is 13.6. The standard InChI is InChI=1S/C18H25N3O2/c1-12-5-2-3-8-16(12)21-18(23)20-15-7-4-6-14(11-15)19-17(22)13-9-10-13/h4,6-7,11-13,16H,2-3,5,8-10H2,1H3,(H,19,22)(H2,20,21,23)/t12-,16-/m1/s1. The van der Waals surface area contributed by atoms with Crippen LogP contribution in [0.3, 0.4) is 0 Å². The smallest absolute Gasteiger partial charge is 0.319 e. The number of rotatable bonds is 4. The first-order valence-corrected chi connectivity index (χ1v) is 8.60. The van der Waals surface area contributed by atoms with Crippen molar-refractivity contribution in [3.63, 3.8) is 0 Å². The number of amides is 3. The molecule has 0 spiro atoms. The first-order chi connectivity index (χ1) is 11.1. The summed E-state index contributed by atoms with van der Waals surface area (Å²) in [5.41, 5.74) is 1.42. The summed E-state index contributed by atoms with van der Waals surface area (Å²) in [5, 5.41) is 8.83. The van der Waals surface area contributed by atoms with E-state index >= 15 is 0 Å². The Morgan fingerprint density at radius 3 is 2.39 bits per heavy atom. The van der Waals surface area contributed by atoms with Crippen molar-refractivity contribution in [2.24, 2.45) is 11.8 Å². The van der Waals surface area contributed by atoms with Crippen molar-refractivity contribution >= 4 is 23.3 Å². The lowest BCUT2D eigenvalue weighted by Crippen LogP contribution is -2.43. The summed E-state index contributed by atoms with van der Waals surface area (Å²) in [6.45, 7) is 2.19. The van der Waals surface area contributed by atoms with Crippen molar-refractivity contribution < 1.29 is 9.59 Å². The van der Waals surface area contributed by atoms with Crippen LogP contribution in [-0.4, -0.2) is 18.0 Å². The van der Waals surface area contributed by atoms with E-state index in [4.69, 9.17) is 0 Å². The maximum atomic E-state index is 12.2. The number of urea groups is 1. The van der Waals surface area contributed by atoms with Gasteiger partial charge >= 0.3 is 6.03 Å². The summed E-state index contributed by atoms with van der Waals surface area (Å²) in [5.74, 6) is 0.768. The fourth-order valence-corrected chi connectivity index (χ4v) is 3.13. The number of hydrogen-bond acceptors (Lipinski definition) is 2. The highest BCUT2D eigenvalue weighted by Crippen LogP contribution is 2.30. The Labute approximate surface area is 137 Å². The van der Waals surface area contributed by atoms with Crippen molar-refractivity contribution in [3.05, 3.63) is 24.3 Å². The van der Waals surface area contributed by atoms with Gasteiger partial charge in [0.05, 0.1) is 0 Å². The first kappa shape index (κ1) is 15.8. The van der Waals surface area contributed by atoms with Crippen LogP contribution in [0.4, 0.5) is 16.2 Å². The SMILES string of the molecule is C[C@@H]1CCCC[C@H]1NC(=O)Nc1cccc(NC(=O)C2CC2)c1. The van der Waals surface area contributed by atoms with E-state index in [0.29, 0.717) is 11.6 Å². The minimum absolute atomic E-state index is 0.0719. The number of carbonyl (C=O) groups is 2. The third kappa shape index (κ3) is 4.47.